The van der Waals surface area contributed by atoms with E-state index < -0.39 is 5.91 Å². The van der Waals surface area contributed by atoms with Gasteiger partial charge in [-0.15, -0.1) is 0 Å². The number of carbonyl (C=O) groups is 2. The second-order valence-electron chi connectivity index (χ2n) is 10.1. The molecule has 34 heavy (non-hydrogen) atoms. The molecule has 2 amide bonds. The van der Waals surface area contributed by atoms with Crippen LogP contribution in [-0.2, 0) is 16.1 Å². The molecule has 0 radical (unpaired) electrons. The molecule has 182 valence electrons. The molecule has 2 aliphatic heterocycles. The first kappa shape index (κ1) is 24.1. The van der Waals surface area contributed by atoms with Crippen LogP contribution in [0.15, 0.2) is 47.4 Å². The maximum absolute atomic E-state index is 13.4. The number of primary amides is 1. The van der Waals surface area contributed by atoms with E-state index in [9.17, 15) is 18.8 Å². The Hall–Kier alpha value is -3.00. The second kappa shape index (κ2) is 9.70. The van der Waals surface area contributed by atoms with Crippen molar-refractivity contribution in [2.45, 2.75) is 45.8 Å². The summed E-state index contributed by atoms with van der Waals surface area (Å²) in [6, 6.07) is 9.33. The van der Waals surface area contributed by atoms with Gasteiger partial charge in [0.15, 0.2) is 0 Å². The maximum Gasteiger partial charge on any atom is 0.255 e. The minimum Gasteiger partial charge on any atom is -0.373 e. The average molecular weight is 470 g/mol. The fourth-order valence-electron chi connectivity index (χ4n) is 5.43. The van der Waals surface area contributed by atoms with Crippen molar-refractivity contribution in [1.29, 1.82) is 0 Å². The van der Waals surface area contributed by atoms with Crippen molar-refractivity contribution < 1.29 is 18.7 Å². The third kappa shape index (κ3) is 5.06. The summed E-state index contributed by atoms with van der Waals surface area (Å²) >= 11 is 0. The summed E-state index contributed by atoms with van der Waals surface area (Å²) in [4.78, 5) is 38.4. The number of likely N-dealkylation sites (tertiary alicyclic amines) is 1. The lowest BCUT2D eigenvalue weighted by Crippen LogP contribution is -2.52. The molecule has 3 atom stereocenters. The van der Waals surface area contributed by atoms with Crippen molar-refractivity contribution in [2.24, 2.45) is 23.0 Å². The van der Waals surface area contributed by atoms with E-state index in [-0.39, 0.29) is 41.3 Å². The highest BCUT2D eigenvalue weighted by Gasteiger charge is 2.46. The quantitative estimate of drug-likeness (QED) is 0.728. The van der Waals surface area contributed by atoms with Crippen LogP contribution in [-0.4, -0.2) is 41.0 Å². The first-order valence-electron chi connectivity index (χ1n) is 11.8. The van der Waals surface area contributed by atoms with Gasteiger partial charge in [0, 0.05) is 30.8 Å². The Kier molecular flexibility index (Phi) is 6.89. The van der Waals surface area contributed by atoms with Gasteiger partial charge in [-0.05, 0) is 54.9 Å². The molecule has 0 saturated carbocycles. The zero-order valence-corrected chi connectivity index (χ0v) is 19.7. The zero-order chi connectivity index (χ0) is 24.5. The highest BCUT2D eigenvalue weighted by molar-refractivity contribution is 5.94. The number of pyridine rings is 1. The number of carbonyl (C=O) groups excluding carboxylic acids is 2. The van der Waals surface area contributed by atoms with E-state index in [1.54, 1.807) is 12.1 Å². The van der Waals surface area contributed by atoms with Gasteiger partial charge in [0.05, 0.1) is 18.3 Å². The van der Waals surface area contributed by atoms with Crippen LogP contribution < -0.4 is 11.3 Å². The predicted molar refractivity (Wildman–Crippen MR) is 126 cm³/mol. The van der Waals surface area contributed by atoms with Crippen molar-refractivity contribution >= 4 is 11.8 Å². The molecule has 0 bridgehead atoms. The van der Waals surface area contributed by atoms with E-state index in [1.165, 1.54) is 35.0 Å². The highest BCUT2D eigenvalue weighted by Crippen LogP contribution is 2.49. The summed E-state index contributed by atoms with van der Waals surface area (Å²) in [5.74, 6) is -0.472. The number of piperidine rings is 1. The minimum atomic E-state index is -0.640. The van der Waals surface area contributed by atoms with Crippen molar-refractivity contribution in [3.8, 4) is 0 Å². The molecule has 2 aliphatic rings. The molecule has 2 N–H and O–H groups in total. The first-order chi connectivity index (χ1) is 16.2. The number of amides is 2. The van der Waals surface area contributed by atoms with Crippen LogP contribution in [0, 0.1) is 23.1 Å². The SMILES string of the molecule is CC(C)[C@@H]1C[C@@]2(CCCN(C(=O)c3ccc(=O)n(CC(N)=O)c3)C2)CO[C@H]1c1ccc(F)cc1. The summed E-state index contributed by atoms with van der Waals surface area (Å²) in [7, 11) is 0. The van der Waals surface area contributed by atoms with Gasteiger partial charge in [-0.3, -0.25) is 14.4 Å². The van der Waals surface area contributed by atoms with Crippen LogP contribution in [0.25, 0.3) is 0 Å². The standard InChI is InChI=1S/C26H32FN3O4/c1-17(2)21-12-26(16-34-24(21)18-4-7-20(27)8-5-18)10-3-11-29(15-26)25(33)19-6-9-23(32)30(13-19)14-22(28)31/h4-9,13,17,21,24H,3,10-12,14-16H2,1-2H3,(H2,28,31)/t21-,24-,26+/m0/s1. The molecule has 1 spiro atoms. The van der Waals surface area contributed by atoms with Gasteiger partial charge >= 0.3 is 0 Å². The van der Waals surface area contributed by atoms with E-state index >= 15 is 0 Å². The number of hydrogen-bond acceptors (Lipinski definition) is 4. The number of nitrogens with zero attached hydrogens (tertiary/aromatic N) is 2. The van der Waals surface area contributed by atoms with Crippen LogP contribution in [0.4, 0.5) is 4.39 Å². The lowest BCUT2D eigenvalue weighted by molar-refractivity contribution is -0.130. The Morgan fingerprint density at radius 1 is 1.21 bits per heavy atom. The molecule has 8 heteroatoms. The van der Waals surface area contributed by atoms with Crippen molar-refractivity contribution in [1.82, 2.24) is 9.47 Å². The third-order valence-corrected chi connectivity index (χ3v) is 7.19. The van der Waals surface area contributed by atoms with Gasteiger partial charge < -0.3 is 19.9 Å². The maximum atomic E-state index is 13.4. The molecule has 2 aromatic rings. The number of benzene rings is 1. The smallest absolute Gasteiger partial charge is 0.255 e. The number of halogens is 1. The molecule has 2 fully saturated rings. The Labute approximate surface area is 198 Å². The van der Waals surface area contributed by atoms with Crippen LogP contribution in [0.5, 0.6) is 0 Å². The number of rotatable bonds is 5. The Morgan fingerprint density at radius 3 is 2.62 bits per heavy atom. The van der Waals surface area contributed by atoms with Gasteiger partial charge in [-0.25, -0.2) is 4.39 Å². The predicted octanol–water partition coefficient (Wildman–Crippen LogP) is 3.13. The Balaban J connectivity index is 1.53. The molecule has 3 heterocycles. The highest BCUT2D eigenvalue weighted by atomic mass is 19.1. The molecule has 7 nitrogen and oxygen atoms in total. The fraction of sp³-hybridized carbons (Fsp3) is 0.500. The van der Waals surface area contributed by atoms with E-state index in [4.69, 9.17) is 10.5 Å². The monoisotopic (exact) mass is 469 g/mol. The number of nitrogens with two attached hydrogens (primary N) is 1. The molecule has 4 rings (SSSR count). The average Bonchev–Trinajstić information content (AvgIpc) is 2.80. The summed E-state index contributed by atoms with van der Waals surface area (Å²) in [6.45, 7) is 5.82. The summed E-state index contributed by atoms with van der Waals surface area (Å²) in [6.07, 6.45) is 4.06. The Bertz CT molecular complexity index is 1110. The normalized spacial score (nSPS) is 25.0. The van der Waals surface area contributed by atoms with Crippen molar-refractivity contribution in [2.75, 3.05) is 19.7 Å². The van der Waals surface area contributed by atoms with Gasteiger partial charge in [0.2, 0.25) is 5.91 Å². The third-order valence-electron chi connectivity index (χ3n) is 7.19. The van der Waals surface area contributed by atoms with E-state index in [0.29, 0.717) is 31.2 Å². The van der Waals surface area contributed by atoms with E-state index in [0.717, 1.165) is 24.8 Å². The summed E-state index contributed by atoms with van der Waals surface area (Å²) < 4.78 is 21.0. The number of aromatic nitrogens is 1. The largest absolute Gasteiger partial charge is 0.373 e. The second-order valence-corrected chi connectivity index (χ2v) is 10.1. The topological polar surface area (TPSA) is 94.6 Å². The molecule has 1 aromatic heterocycles. The van der Waals surface area contributed by atoms with Crippen molar-refractivity contribution in [3.63, 3.8) is 0 Å². The van der Waals surface area contributed by atoms with Gasteiger partial charge in [-0.2, -0.15) is 0 Å². The molecule has 0 aliphatic carbocycles. The fourth-order valence-corrected chi connectivity index (χ4v) is 5.43. The lowest BCUT2D eigenvalue weighted by Gasteiger charge is -2.50. The van der Waals surface area contributed by atoms with Gasteiger partial charge in [0.1, 0.15) is 12.4 Å². The summed E-state index contributed by atoms with van der Waals surface area (Å²) in [5, 5.41) is 0. The van der Waals surface area contributed by atoms with Crippen LogP contribution in [0.1, 0.15) is 55.1 Å². The van der Waals surface area contributed by atoms with Gasteiger partial charge in [0.25, 0.3) is 11.5 Å². The van der Waals surface area contributed by atoms with Crippen molar-refractivity contribution in [3.05, 3.63) is 69.9 Å². The minimum absolute atomic E-state index is 0.102. The van der Waals surface area contributed by atoms with Gasteiger partial charge in [-0.1, -0.05) is 26.0 Å². The van der Waals surface area contributed by atoms with E-state index in [1.807, 2.05) is 4.90 Å². The number of hydrogen-bond donors (Lipinski definition) is 1. The summed E-state index contributed by atoms with van der Waals surface area (Å²) in [5.41, 5.74) is 6.04. The number of ether oxygens (including phenoxy) is 1. The Morgan fingerprint density at radius 2 is 1.94 bits per heavy atom. The van der Waals surface area contributed by atoms with Crippen LogP contribution in [0.3, 0.4) is 0 Å². The molecule has 2 saturated heterocycles. The van der Waals surface area contributed by atoms with E-state index in [2.05, 4.69) is 13.8 Å². The lowest BCUT2D eigenvalue weighted by atomic mass is 9.67. The molecule has 1 aromatic carbocycles. The van der Waals surface area contributed by atoms with Crippen LogP contribution >= 0.6 is 0 Å². The zero-order valence-electron chi connectivity index (χ0n) is 19.7. The molecular weight excluding hydrogens is 437 g/mol. The molecule has 0 unspecified atom stereocenters. The molecular formula is C26H32FN3O4. The first-order valence-corrected chi connectivity index (χ1v) is 11.8. The van der Waals surface area contributed by atoms with Crippen LogP contribution in [0.2, 0.25) is 0 Å².